The molecule has 1 unspecified atom stereocenters. The quantitative estimate of drug-likeness (QED) is 0.880. The molecule has 0 fully saturated rings. The van der Waals surface area contributed by atoms with Crippen LogP contribution in [0.3, 0.4) is 0 Å². The van der Waals surface area contributed by atoms with E-state index in [1.165, 1.54) is 6.07 Å². The van der Waals surface area contributed by atoms with Gasteiger partial charge in [0.25, 0.3) is 0 Å². The Balaban J connectivity index is 1.85. The van der Waals surface area contributed by atoms with E-state index >= 15 is 0 Å². The Morgan fingerprint density at radius 1 is 1.44 bits per heavy atom. The minimum absolute atomic E-state index is 0.143. The van der Waals surface area contributed by atoms with Crippen LogP contribution in [0.1, 0.15) is 24.4 Å². The number of nitrogens with zero attached hydrogens (tertiary/aromatic N) is 2. The molecule has 1 heterocycles. The molecule has 1 N–H and O–H groups in total. The predicted octanol–water partition coefficient (Wildman–Crippen LogP) is 2.68. The first-order valence-corrected chi connectivity index (χ1v) is 6.13. The Morgan fingerprint density at radius 3 is 2.94 bits per heavy atom. The van der Waals surface area contributed by atoms with Gasteiger partial charge in [0.15, 0.2) is 0 Å². The number of benzene rings is 1. The largest absolute Gasteiger partial charge is 0.334 e. The number of rotatable bonds is 5. The van der Waals surface area contributed by atoms with Crippen molar-refractivity contribution in [3.05, 3.63) is 53.9 Å². The third-order valence-corrected chi connectivity index (χ3v) is 3.08. The lowest BCUT2D eigenvalue weighted by Crippen LogP contribution is -2.23. The number of nitrogens with one attached hydrogen (secondary N) is 1. The first-order chi connectivity index (χ1) is 8.66. The van der Waals surface area contributed by atoms with E-state index in [0.717, 1.165) is 24.5 Å². The summed E-state index contributed by atoms with van der Waals surface area (Å²) in [5.41, 5.74) is 0.970. The monoisotopic (exact) mass is 247 g/mol. The predicted molar refractivity (Wildman–Crippen MR) is 69.8 cm³/mol. The number of hydrogen-bond acceptors (Lipinski definition) is 2. The van der Waals surface area contributed by atoms with E-state index in [1.54, 1.807) is 18.3 Å². The van der Waals surface area contributed by atoms with E-state index in [4.69, 9.17) is 0 Å². The van der Waals surface area contributed by atoms with Gasteiger partial charge in [0.05, 0.1) is 0 Å². The summed E-state index contributed by atoms with van der Waals surface area (Å²) < 4.78 is 15.2. The number of imidazole rings is 1. The van der Waals surface area contributed by atoms with Crippen molar-refractivity contribution in [1.29, 1.82) is 0 Å². The Morgan fingerprint density at radius 2 is 2.28 bits per heavy atom. The minimum atomic E-state index is -0.188. The smallest absolute Gasteiger partial charge is 0.123 e. The third kappa shape index (κ3) is 3.17. The Hall–Kier alpha value is -1.68. The van der Waals surface area contributed by atoms with Crippen molar-refractivity contribution in [3.8, 4) is 0 Å². The van der Waals surface area contributed by atoms with Crippen molar-refractivity contribution >= 4 is 0 Å². The molecule has 2 rings (SSSR count). The van der Waals surface area contributed by atoms with Gasteiger partial charge < -0.3 is 9.88 Å². The summed E-state index contributed by atoms with van der Waals surface area (Å²) in [6.07, 6.45) is 3.76. The average molecular weight is 247 g/mol. The number of aryl methyl sites for hydroxylation is 1. The molecule has 2 aromatic rings. The maximum Gasteiger partial charge on any atom is 0.123 e. The van der Waals surface area contributed by atoms with Gasteiger partial charge in [-0.2, -0.15) is 0 Å². The molecule has 4 heteroatoms. The molecule has 0 aliphatic heterocycles. The summed E-state index contributed by atoms with van der Waals surface area (Å²) in [4.78, 5) is 4.17. The van der Waals surface area contributed by atoms with Gasteiger partial charge in [0.2, 0.25) is 0 Å². The van der Waals surface area contributed by atoms with Gasteiger partial charge in [0.1, 0.15) is 11.6 Å². The zero-order valence-electron chi connectivity index (χ0n) is 10.7. The number of aromatic nitrogens is 2. The van der Waals surface area contributed by atoms with Crippen molar-refractivity contribution in [2.24, 2.45) is 0 Å². The second-order valence-corrected chi connectivity index (χ2v) is 4.40. The maximum absolute atomic E-state index is 13.1. The van der Waals surface area contributed by atoms with Crippen molar-refractivity contribution in [2.75, 3.05) is 6.54 Å². The molecule has 0 bridgehead atoms. The highest BCUT2D eigenvalue weighted by Crippen LogP contribution is 2.13. The summed E-state index contributed by atoms with van der Waals surface area (Å²) in [5.74, 6) is 0.821. The lowest BCUT2D eigenvalue weighted by Gasteiger charge is -2.15. The van der Waals surface area contributed by atoms with Crippen LogP contribution in [0.15, 0.2) is 36.7 Å². The third-order valence-electron chi connectivity index (χ3n) is 3.08. The van der Waals surface area contributed by atoms with Crippen LogP contribution in [-0.2, 0) is 6.54 Å². The molecule has 0 aliphatic carbocycles. The molecule has 1 aromatic carbocycles. The highest BCUT2D eigenvalue weighted by molar-refractivity contribution is 5.19. The topological polar surface area (TPSA) is 29.9 Å². The fourth-order valence-corrected chi connectivity index (χ4v) is 1.94. The summed E-state index contributed by atoms with van der Waals surface area (Å²) >= 11 is 0. The Kier molecular flexibility index (Phi) is 4.10. The molecule has 3 nitrogen and oxygen atoms in total. The van der Waals surface area contributed by atoms with Gasteiger partial charge in [-0.05, 0) is 31.5 Å². The fourth-order valence-electron chi connectivity index (χ4n) is 1.94. The summed E-state index contributed by atoms with van der Waals surface area (Å²) in [7, 11) is 0. The highest BCUT2D eigenvalue weighted by atomic mass is 19.1. The van der Waals surface area contributed by atoms with Crippen LogP contribution in [0.25, 0.3) is 0 Å². The van der Waals surface area contributed by atoms with Crippen molar-refractivity contribution in [3.63, 3.8) is 0 Å². The molecule has 0 spiro atoms. The fraction of sp³-hybridized carbons (Fsp3) is 0.357. The van der Waals surface area contributed by atoms with Crippen molar-refractivity contribution < 1.29 is 4.39 Å². The molecular formula is C14H18FN3. The van der Waals surface area contributed by atoms with Crippen LogP contribution in [0.5, 0.6) is 0 Å². The van der Waals surface area contributed by atoms with Crippen LogP contribution in [0.4, 0.5) is 4.39 Å². The van der Waals surface area contributed by atoms with E-state index in [-0.39, 0.29) is 11.9 Å². The minimum Gasteiger partial charge on any atom is -0.334 e. The van der Waals surface area contributed by atoms with Crippen LogP contribution in [0, 0.1) is 12.7 Å². The normalized spacial score (nSPS) is 12.6. The number of halogens is 1. The van der Waals surface area contributed by atoms with Gasteiger partial charge in [0, 0.05) is 31.5 Å². The van der Waals surface area contributed by atoms with Crippen molar-refractivity contribution in [2.45, 2.75) is 26.4 Å². The molecule has 0 aliphatic rings. The van der Waals surface area contributed by atoms with E-state index in [9.17, 15) is 4.39 Å². The Labute approximate surface area is 107 Å². The van der Waals surface area contributed by atoms with E-state index < -0.39 is 0 Å². The van der Waals surface area contributed by atoms with Gasteiger partial charge in [-0.15, -0.1) is 0 Å². The van der Waals surface area contributed by atoms with Crippen LogP contribution in [0.2, 0.25) is 0 Å². The molecule has 0 radical (unpaired) electrons. The molecular weight excluding hydrogens is 229 g/mol. The molecule has 1 atom stereocenters. The second-order valence-electron chi connectivity index (χ2n) is 4.40. The first-order valence-electron chi connectivity index (χ1n) is 6.13. The SMILES string of the molecule is Cc1nccn1CCNC(C)c1cccc(F)c1. The second kappa shape index (κ2) is 5.78. The average Bonchev–Trinajstić information content (AvgIpc) is 2.75. The lowest BCUT2D eigenvalue weighted by molar-refractivity contribution is 0.523. The van der Waals surface area contributed by atoms with Crippen LogP contribution in [-0.4, -0.2) is 16.1 Å². The van der Waals surface area contributed by atoms with Gasteiger partial charge in [-0.3, -0.25) is 0 Å². The highest BCUT2D eigenvalue weighted by Gasteiger charge is 2.05. The molecule has 0 saturated carbocycles. The van der Waals surface area contributed by atoms with Crippen LogP contribution < -0.4 is 5.32 Å². The van der Waals surface area contributed by atoms with E-state index in [2.05, 4.69) is 14.9 Å². The van der Waals surface area contributed by atoms with E-state index in [1.807, 2.05) is 26.1 Å². The first kappa shape index (κ1) is 12.8. The molecule has 1 aromatic heterocycles. The summed E-state index contributed by atoms with van der Waals surface area (Å²) in [6.45, 7) is 5.71. The zero-order valence-corrected chi connectivity index (χ0v) is 10.7. The molecule has 0 saturated heterocycles. The van der Waals surface area contributed by atoms with E-state index in [0.29, 0.717) is 0 Å². The standard InChI is InChI=1S/C14H18FN3/c1-11(13-4-3-5-14(15)10-13)16-6-8-18-9-7-17-12(18)2/h3-5,7,9-11,16H,6,8H2,1-2H3. The van der Waals surface area contributed by atoms with Crippen molar-refractivity contribution in [1.82, 2.24) is 14.9 Å². The van der Waals surface area contributed by atoms with Gasteiger partial charge in [-0.1, -0.05) is 12.1 Å². The summed E-state index contributed by atoms with van der Waals surface area (Å²) in [5, 5.41) is 3.38. The lowest BCUT2D eigenvalue weighted by atomic mass is 10.1. The molecule has 0 amide bonds. The zero-order chi connectivity index (χ0) is 13.0. The van der Waals surface area contributed by atoms with Gasteiger partial charge >= 0.3 is 0 Å². The summed E-state index contributed by atoms with van der Waals surface area (Å²) in [6, 6.07) is 6.85. The van der Waals surface area contributed by atoms with Gasteiger partial charge in [-0.25, -0.2) is 9.37 Å². The number of hydrogen-bond donors (Lipinski definition) is 1. The maximum atomic E-state index is 13.1. The molecule has 18 heavy (non-hydrogen) atoms. The Bertz CT molecular complexity index is 507. The van der Waals surface area contributed by atoms with Crippen LogP contribution >= 0.6 is 0 Å². The molecule has 96 valence electrons.